The number of hydrogen-bond donors (Lipinski definition) is 1. The van der Waals surface area contributed by atoms with Crippen molar-refractivity contribution in [2.45, 2.75) is 39.8 Å². The number of rotatable bonds is 6. The van der Waals surface area contributed by atoms with E-state index in [0.29, 0.717) is 0 Å². The van der Waals surface area contributed by atoms with E-state index in [-0.39, 0.29) is 11.7 Å². The summed E-state index contributed by atoms with van der Waals surface area (Å²) in [5.74, 6) is -0.912. The molecule has 7 heteroatoms. The number of carbonyl (C=O) groups is 1. The highest BCUT2D eigenvalue weighted by atomic mass is 32.2. The van der Waals surface area contributed by atoms with Gasteiger partial charge in [-0.2, -0.15) is 0 Å². The smallest absolute Gasteiger partial charge is 0.244 e. The maximum absolute atomic E-state index is 13.2. The van der Waals surface area contributed by atoms with Gasteiger partial charge in [0.15, 0.2) is 0 Å². The molecule has 0 aliphatic rings. The van der Waals surface area contributed by atoms with Crippen LogP contribution >= 0.6 is 0 Å². The van der Waals surface area contributed by atoms with Crippen LogP contribution in [0.4, 0.5) is 10.1 Å². The maximum atomic E-state index is 13.2. The second-order valence-corrected chi connectivity index (χ2v) is 8.66. The molecule has 0 aromatic heterocycles. The molecule has 5 nitrogen and oxygen atoms in total. The first-order chi connectivity index (χ1) is 12.5. The molecule has 0 aliphatic carbocycles. The lowest BCUT2D eigenvalue weighted by molar-refractivity contribution is -0.122. The van der Waals surface area contributed by atoms with Crippen LogP contribution in [-0.2, 0) is 14.8 Å². The van der Waals surface area contributed by atoms with E-state index in [2.05, 4.69) is 5.32 Å². The number of hydrogen-bond acceptors (Lipinski definition) is 3. The van der Waals surface area contributed by atoms with Gasteiger partial charge in [-0.25, -0.2) is 12.8 Å². The van der Waals surface area contributed by atoms with Gasteiger partial charge in [0.25, 0.3) is 0 Å². The number of anilines is 1. The zero-order valence-electron chi connectivity index (χ0n) is 16.2. The van der Waals surface area contributed by atoms with E-state index in [1.807, 2.05) is 39.0 Å². The maximum Gasteiger partial charge on any atom is 0.244 e. The van der Waals surface area contributed by atoms with E-state index in [4.69, 9.17) is 0 Å². The standard InChI is InChI=1S/C20H25FN2O3S/c1-13-6-11-19(14(2)12-13)15(3)22-20(24)16(4)23(27(5,25)26)18-9-7-17(21)8-10-18/h6-12,15-16H,1-5H3,(H,22,24). The van der Waals surface area contributed by atoms with E-state index in [0.717, 1.165) is 39.4 Å². The second-order valence-electron chi connectivity index (χ2n) is 6.80. The quantitative estimate of drug-likeness (QED) is 0.819. The first kappa shape index (κ1) is 20.9. The van der Waals surface area contributed by atoms with Crippen molar-refractivity contribution in [1.82, 2.24) is 5.32 Å². The Labute approximate surface area is 160 Å². The van der Waals surface area contributed by atoms with Gasteiger partial charge in [0.1, 0.15) is 11.9 Å². The van der Waals surface area contributed by atoms with Crippen LogP contribution in [-0.4, -0.2) is 26.6 Å². The van der Waals surface area contributed by atoms with Crippen molar-refractivity contribution in [2.75, 3.05) is 10.6 Å². The number of nitrogens with zero attached hydrogens (tertiary/aromatic N) is 1. The van der Waals surface area contributed by atoms with Gasteiger partial charge in [-0.3, -0.25) is 9.10 Å². The summed E-state index contributed by atoms with van der Waals surface area (Å²) in [5, 5.41) is 2.87. The van der Waals surface area contributed by atoms with Crippen LogP contribution < -0.4 is 9.62 Å². The summed E-state index contributed by atoms with van der Waals surface area (Å²) in [5.41, 5.74) is 3.38. The van der Waals surface area contributed by atoms with Gasteiger partial charge in [0.2, 0.25) is 15.9 Å². The van der Waals surface area contributed by atoms with Gasteiger partial charge >= 0.3 is 0 Å². The van der Waals surface area contributed by atoms with Crippen molar-refractivity contribution >= 4 is 21.6 Å². The molecule has 27 heavy (non-hydrogen) atoms. The number of sulfonamides is 1. The largest absolute Gasteiger partial charge is 0.348 e. The number of amides is 1. The van der Waals surface area contributed by atoms with Gasteiger partial charge in [-0.15, -0.1) is 0 Å². The third kappa shape index (κ3) is 5.07. The molecule has 2 atom stereocenters. The number of carbonyl (C=O) groups excluding carboxylic acids is 1. The van der Waals surface area contributed by atoms with Gasteiger partial charge in [-0.1, -0.05) is 23.8 Å². The summed E-state index contributed by atoms with van der Waals surface area (Å²) in [6.45, 7) is 7.32. The van der Waals surface area contributed by atoms with E-state index in [1.165, 1.54) is 19.1 Å². The van der Waals surface area contributed by atoms with E-state index >= 15 is 0 Å². The molecule has 0 heterocycles. The fraction of sp³-hybridized carbons (Fsp3) is 0.350. The molecule has 0 saturated carbocycles. The Morgan fingerprint density at radius 2 is 1.67 bits per heavy atom. The predicted octanol–water partition coefficient (Wildman–Crippen LogP) is 3.47. The van der Waals surface area contributed by atoms with Gasteiger partial charge < -0.3 is 5.32 Å². The van der Waals surface area contributed by atoms with Crippen molar-refractivity contribution in [2.24, 2.45) is 0 Å². The Morgan fingerprint density at radius 1 is 1.07 bits per heavy atom. The van der Waals surface area contributed by atoms with Crippen molar-refractivity contribution in [1.29, 1.82) is 0 Å². The van der Waals surface area contributed by atoms with Crippen molar-refractivity contribution < 1.29 is 17.6 Å². The van der Waals surface area contributed by atoms with Crippen LogP contribution in [0.25, 0.3) is 0 Å². The minimum atomic E-state index is -3.74. The number of halogens is 1. The molecule has 1 amide bonds. The molecular weight excluding hydrogens is 367 g/mol. The average Bonchev–Trinajstić information content (AvgIpc) is 2.55. The zero-order chi connectivity index (χ0) is 20.4. The van der Waals surface area contributed by atoms with Crippen LogP contribution in [0.1, 0.15) is 36.6 Å². The Bertz CT molecular complexity index is 927. The van der Waals surface area contributed by atoms with Crippen LogP contribution in [0.5, 0.6) is 0 Å². The summed E-state index contributed by atoms with van der Waals surface area (Å²) in [7, 11) is -3.74. The zero-order valence-corrected chi connectivity index (χ0v) is 17.0. The molecule has 2 rings (SSSR count). The molecule has 0 saturated heterocycles. The fourth-order valence-corrected chi connectivity index (χ4v) is 4.29. The highest BCUT2D eigenvalue weighted by Crippen LogP contribution is 2.23. The van der Waals surface area contributed by atoms with Crippen LogP contribution in [0, 0.1) is 19.7 Å². The third-order valence-corrected chi connectivity index (χ3v) is 5.66. The monoisotopic (exact) mass is 392 g/mol. The predicted molar refractivity (Wildman–Crippen MR) is 106 cm³/mol. The Kier molecular flexibility index (Phi) is 6.26. The van der Waals surface area contributed by atoms with Crippen LogP contribution in [0.2, 0.25) is 0 Å². The van der Waals surface area contributed by atoms with Crippen LogP contribution in [0.3, 0.4) is 0 Å². The number of aryl methyl sites for hydroxylation is 2. The van der Waals surface area contributed by atoms with E-state index in [1.54, 1.807) is 0 Å². The molecule has 2 unspecified atom stereocenters. The fourth-order valence-electron chi connectivity index (χ4n) is 3.12. The topological polar surface area (TPSA) is 66.5 Å². The number of benzene rings is 2. The SMILES string of the molecule is Cc1ccc(C(C)NC(=O)C(C)N(c2ccc(F)cc2)S(C)(=O)=O)c(C)c1. The first-order valence-electron chi connectivity index (χ1n) is 8.63. The Balaban J connectivity index is 2.25. The molecule has 0 aliphatic heterocycles. The summed E-state index contributed by atoms with van der Waals surface area (Å²) in [6.07, 6.45) is 1.02. The molecule has 0 radical (unpaired) electrons. The Morgan fingerprint density at radius 3 is 2.19 bits per heavy atom. The van der Waals surface area contributed by atoms with Gasteiger partial charge in [0, 0.05) is 0 Å². The Hall–Kier alpha value is -2.41. The summed E-state index contributed by atoms with van der Waals surface area (Å²) >= 11 is 0. The highest BCUT2D eigenvalue weighted by molar-refractivity contribution is 7.92. The molecule has 0 bridgehead atoms. The first-order valence-corrected chi connectivity index (χ1v) is 10.5. The van der Waals surface area contributed by atoms with E-state index < -0.39 is 27.8 Å². The van der Waals surface area contributed by atoms with Crippen LogP contribution in [0.15, 0.2) is 42.5 Å². The number of nitrogens with one attached hydrogen (secondary N) is 1. The highest BCUT2D eigenvalue weighted by Gasteiger charge is 2.30. The molecule has 146 valence electrons. The summed E-state index contributed by atoms with van der Waals surface area (Å²) in [6, 6.07) is 9.69. The molecule has 0 spiro atoms. The molecular formula is C20H25FN2O3S. The van der Waals surface area contributed by atoms with Crippen molar-refractivity contribution in [3.8, 4) is 0 Å². The normalized spacial score (nSPS) is 13.7. The second kappa shape index (κ2) is 8.08. The summed E-state index contributed by atoms with van der Waals surface area (Å²) < 4.78 is 38.7. The molecule has 2 aromatic rings. The van der Waals surface area contributed by atoms with Gasteiger partial charge in [-0.05, 0) is 63.1 Å². The molecule has 1 N–H and O–H groups in total. The molecule has 2 aromatic carbocycles. The minimum Gasteiger partial charge on any atom is -0.348 e. The lowest BCUT2D eigenvalue weighted by Crippen LogP contribution is -2.48. The van der Waals surface area contributed by atoms with E-state index in [9.17, 15) is 17.6 Å². The minimum absolute atomic E-state index is 0.237. The van der Waals surface area contributed by atoms with Crippen molar-refractivity contribution in [3.63, 3.8) is 0 Å². The van der Waals surface area contributed by atoms with Gasteiger partial charge in [0.05, 0.1) is 18.0 Å². The lowest BCUT2D eigenvalue weighted by atomic mass is 10.00. The molecule has 0 fully saturated rings. The van der Waals surface area contributed by atoms with Crippen molar-refractivity contribution in [3.05, 3.63) is 65.0 Å². The summed E-state index contributed by atoms with van der Waals surface area (Å²) in [4.78, 5) is 12.7. The third-order valence-electron chi connectivity index (χ3n) is 4.42. The lowest BCUT2D eigenvalue weighted by Gasteiger charge is -2.29. The average molecular weight is 392 g/mol.